The Morgan fingerprint density at radius 3 is 1.51 bits per heavy atom. The van der Waals surface area contributed by atoms with Crippen LogP contribution in [0.1, 0.15) is 105 Å². The van der Waals surface area contributed by atoms with Crippen molar-refractivity contribution in [2.45, 2.75) is 104 Å². The fraction of sp³-hybridized carbons (Fsp3) is 0.547. The largest absolute Gasteiger partial charge is 0.493 e. The first-order valence-corrected chi connectivity index (χ1v) is 35.3. The molecule has 3 aromatic carbocycles. The molecule has 1 unspecified atom stereocenters. The molecular formula is C75H100N8O20. The summed E-state index contributed by atoms with van der Waals surface area (Å²) in [5.41, 5.74) is 6.36. The molecule has 28 nitrogen and oxygen atoms in total. The molecule has 5 heterocycles. The van der Waals surface area contributed by atoms with E-state index >= 15 is 0 Å². The average molecular weight is 1430 g/mol. The number of ketones is 1. The Hall–Kier alpha value is -8.74. The van der Waals surface area contributed by atoms with E-state index in [4.69, 9.17) is 56.8 Å². The van der Waals surface area contributed by atoms with Crippen molar-refractivity contribution >= 4 is 76.6 Å². The number of hydrogen-bond acceptors (Lipinski definition) is 22. The number of aryl methyl sites for hydroxylation is 1. The second kappa shape index (κ2) is 42.1. The highest BCUT2D eigenvalue weighted by atomic mass is 16.6. The molecule has 6 aliphatic rings. The number of hydrogen-bond donors (Lipinski definition) is 3. The number of Topliss-reactive ketones (excluding diaryl/α,β-unsaturated/α-hetero) is 1. The third-order valence-corrected chi connectivity index (χ3v) is 17.2. The number of rotatable bonds is 46. The molecule has 0 aromatic heterocycles. The van der Waals surface area contributed by atoms with Gasteiger partial charge in [0.25, 0.3) is 23.6 Å². The van der Waals surface area contributed by atoms with Crippen LogP contribution in [0.3, 0.4) is 0 Å². The summed E-state index contributed by atoms with van der Waals surface area (Å²) in [6.45, 7) is 16.6. The summed E-state index contributed by atoms with van der Waals surface area (Å²) in [5.74, 6) is -0.0642. The smallest absolute Gasteiger partial charge is 0.260 e. The number of ether oxygens (including phenoxy) is 12. The Morgan fingerprint density at radius 1 is 0.553 bits per heavy atom. The molecule has 4 atom stereocenters. The first-order chi connectivity index (χ1) is 49.9. The van der Waals surface area contributed by atoms with Gasteiger partial charge in [0.15, 0.2) is 28.8 Å². The van der Waals surface area contributed by atoms with Gasteiger partial charge in [0, 0.05) is 99.5 Å². The number of amides is 7. The minimum atomic E-state index is -0.692. The first-order valence-electron chi connectivity index (χ1n) is 35.3. The number of benzene rings is 3. The van der Waals surface area contributed by atoms with Crippen LogP contribution in [-0.2, 0) is 66.7 Å². The zero-order valence-corrected chi connectivity index (χ0v) is 60.2. The summed E-state index contributed by atoms with van der Waals surface area (Å²) in [7, 11) is 3.11. The molecule has 103 heavy (non-hydrogen) atoms. The molecule has 0 saturated heterocycles. The molecule has 0 spiro atoms. The van der Waals surface area contributed by atoms with Gasteiger partial charge in [0.1, 0.15) is 0 Å². The van der Waals surface area contributed by atoms with Gasteiger partial charge in [-0.2, -0.15) is 0 Å². The van der Waals surface area contributed by atoms with Gasteiger partial charge in [-0.15, -0.1) is 0 Å². The van der Waals surface area contributed by atoms with Gasteiger partial charge >= 0.3 is 0 Å². The summed E-state index contributed by atoms with van der Waals surface area (Å²) in [5, 5.41) is 8.31. The molecule has 28 heteroatoms. The van der Waals surface area contributed by atoms with Crippen molar-refractivity contribution in [3.63, 3.8) is 0 Å². The molecule has 3 aromatic rings. The second-order valence-electron chi connectivity index (χ2n) is 25.7. The number of aliphatic imine (C=N–C) groups is 2. The molecule has 7 amide bonds. The Morgan fingerprint density at radius 2 is 1.03 bits per heavy atom. The van der Waals surface area contributed by atoms with Gasteiger partial charge in [-0.3, -0.25) is 53.2 Å². The molecule has 1 fully saturated rings. The quantitative estimate of drug-likeness (QED) is 0.0371. The standard InChI is InChI=1S/C42H66N4O14.C33H34N4O6/c1-32(2)41(36(47)31-34(4)42(52)44-35-7-5-33(3)6-8-35)45-38(49)12-15-53-17-19-55-21-23-57-25-27-59-29-30-60-28-26-58-24-22-56-20-18-54-16-13-43-37(48)11-14-46-39(50)9-10-40(46)51;1-19-9-22-15-34-26-13-30(28(40-2)11-24(26)32(38)36(22)17-19)42-7-4-8-43-31-14-27-25(12-29(31)41-3)33(39)37-18-21(20-5-6-20)10-23(37)16-35-27/h5-10,32,34,41H,11-31H2,1-4H3,(H,43,48)(H,44,52)(H,45,49);11-18,20,22-23H,4-10H2,1-3H3/t34-,41?;22-,23-/m10/s1. The summed E-state index contributed by atoms with van der Waals surface area (Å²) >= 11 is 0. The van der Waals surface area contributed by atoms with Crippen LogP contribution in [0.4, 0.5) is 17.1 Å². The molecule has 9 rings (SSSR count). The highest BCUT2D eigenvalue weighted by molar-refractivity contribution is 6.13. The van der Waals surface area contributed by atoms with Crippen molar-refractivity contribution in [1.82, 2.24) is 25.3 Å². The van der Waals surface area contributed by atoms with Gasteiger partial charge < -0.3 is 82.6 Å². The number of nitrogens with one attached hydrogen (secondary N) is 3. The Balaban J connectivity index is 0.000000273. The van der Waals surface area contributed by atoms with E-state index in [-0.39, 0.29) is 85.7 Å². The van der Waals surface area contributed by atoms with Crippen molar-refractivity contribution < 1.29 is 95.2 Å². The van der Waals surface area contributed by atoms with E-state index in [9.17, 15) is 38.4 Å². The van der Waals surface area contributed by atoms with Gasteiger partial charge in [0.05, 0.1) is 174 Å². The lowest BCUT2D eigenvalue weighted by Gasteiger charge is -2.22. The molecule has 0 bridgehead atoms. The molecule has 5 aliphatic heterocycles. The van der Waals surface area contributed by atoms with Gasteiger partial charge in [-0.1, -0.05) is 44.0 Å². The van der Waals surface area contributed by atoms with E-state index in [1.807, 2.05) is 76.8 Å². The molecule has 1 saturated carbocycles. The minimum Gasteiger partial charge on any atom is -0.493 e. The Bertz CT molecular complexity index is 3500. The van der Waals surface area contributed by atoms with Crippen LogP contribution in [0, 0.1) is 24.7 Å². The predicted octanol–water partition coefficient (Wildman–Crippen LogP) is 7.23. The highest BCUT2D eigenvalue weighted by Gasteiger charge is 2.39. The molecule has 560 valence electrons. The van der Waals surface area contributed by atoms with Crippen LogP contribution >= 0.6 is 0 Å². The second-order valence-corrected chi connectivity index (χ2v) is 25.7. The zero-order valence-electron chi connectivity index (χ0n) is 60.2. The van der Waals surface area contributed by atoms with E-state index in [1.54, 1.807) is 55.2 Å². The van der Waals surface area contributed by atoms with Crippen LogP contribution in [0.15, 0.2) is 94.2 Å². The number of fused-ring (bicyclic) bond motifs is 4. The number of nitrogens with zero attached hydrogens (tertiary/aromatic N) is 5. The van der Waals surface area contributed by atoms with Crippen molar-refractivity contribution in [2.24, 2.45) is 27.7 Å². The van der Waals surface area contributed by atoms with Crippen LogP contribution < -0.4 is 34.9 Å². The average Bonchev–Trinajstić information content (AvgIpc) is 1.64. The molecule has 3 N–H and O–H groups in total. The van der Waals surface area contributed by atoms with E-state index in [0.29, 0.717) is 182 Å². The number of carbonyl (C=O) groups is 8. The van der Waals surface area contributed by atoms with Gasteiger partial charge in [-0.25, -0.2) is 0 Å². The van der Waals surface area contributed by atoms with E-state index in [0.717, 1.165) is 28.9 Å². The van der Waals surface area contributed by atoms with Crippen LogP contribution in [-0.4, -0.2) is 239 Å². The normalized spacial score (nSPS) is 17.0. The van der Waals surface area contributed by atoms with Crippen LogP contribution in [0.2, 0.25) is 0 Å². The lowest BCUT2D eigenvalue weighted by molar-refractivity contribution is -0.137. The number of anilines is 1. The number of methoxy groups -OCH3 is 2. The lowest BCUT2D eigenvalue weighted by atomic mass is 9.92. The maximum absolute atomic E-state index is 13.4. The van der Waals surface area contributed by atoms with E-state index in [2.05, 4.69) is 25.9 Å². The van der Waals surface area contributed by atoms with Gasteiger partial charge in [-0.05, 0) is 81.2 Å². The topological polar surface area (TPSA) is 318 Å². The monoisotopic (exact) mass is 1430 g/mol. The van der Waals surface area contributed by atoms with Crippen molar-refractivity contribution in [3.05, 3.63) is 101 Å². The summed E-state index contributed by atoms with van der Waals surface area (Å²) in [6, 6.07) is 13.6. The van der Waals surface area contributed by atoms with Crippen LogP contribution in [0.25, 0.3) is 0 Å². The maximum Gasteiger partial charge on any atom is 0.260 e. The number of imide groups is 1. The van der Waals surface area contributed by atoms with Crippen LogP contribution in [0.5, 0.6) is 23.0 Å². The van der Waals surface area contributed by atoms with Gasteiger partial charge in [0.2, 0.25) is 17.7 Å². The zero-order chi connectivity index (χ0) is 73.5. The fourth-order valence-electron chi connectivity index (χ4n) is 11.4. The van der Waals surface area contributed by atoms with E-state index in [1.165, 1.54) is 30.6 Å². The SMILES string of the molecule is COc1cc2c(cc1OCCCOc1cc3c(cc1OC)C(=O)N1C=C(C4CC4)C[C@H]1C=N3)N=C[C@@H]1CC(C)=CN1C2=O.Cc1ccc(NC(=O)[C@H](C)CC(=O)C(NC(=O)CCOCCOCCOCCOCCOCCOCCOCCOCCNC(=O)CCN2C(=O)C=CC2=O)C(C)C)cc1. The summed E-state index contributed by atoms with van der Waals surface area (Å²) in [4.78, 5) is 113. The fourth-order valence-corrected chi connectivity index (χ4v) is 11.4. The van der Waals surface area contributed by atoms with Crippen molar-refractivity contribution in [1.29, 1.82) is 0 Å². The predicted molar refractivity (Wildman–Crippen MR) is 382 cm³/mol. The highest BCUT2D eigenvalue weighted by Crippen LogP contribution is 2.45. The Labute approximate surface area is 602 Å². The van der Waals surface area contributed by atoms with E-state index < -0.39 is 23.8 Å². The summed E-state index contributed by atoms with van der Waals surface area (Å²) in [6.07, 6.45) is 14.7. The molecular weight excluding hydrogens is 1330 g/mol. The molecule has 1 aliphatic carbocycles. The first kappa shape index (κ1) is 80.0. The summed E-state index contributed by atoms with van der Waals surface area (Å²) < 4.78 is 67.0. The molecule has 0 radical (unpaired) electrons. The maximum atomic E-state index is 13.4. The third-order valence-electron chi connectivity index (χ3n) is 17.2. The number of carbonyl (C=O) groups excluding carboxylic acids is 8. The van der Waals surface area contributed by atoms with Crippen molar-refractivity contribution in [3.8, 4) is 23.0 Å². The minimum absolute atomic E-state index is 0.0181. The lowest BCUT2D eigenvalue weighted by Crippen LogP contribution is -2.45. The van der Waals surface area contributed by atoms with Crippen molar-refractivity contribution in [2.75, 3.05) is 152 Å². The third kappa shape index (κ3) is 25.6. The Kier molecular flexibility index (Phi) is 32.7.